The van der Waals surface area contributed by atoms with Gasteiger partial charge in [0.15, 0.2) is 5.78 Å². The standard InChI is InChI=1S/C20H27NO2S/c1-16-14-19(17(2)21(16)11-12-23-3)20(22)15-24-13-7-10-18-8-5-4-6-9-18/h4-6,8-9,14H,7,10-13,15H2,1-3H3. The van der Waals surface area contributed by atoms with E-state index in [1.165, 1.54) is 5.56 Å². The van der Waals surface area contributed by atoms with Crippen molar-refractivity contribution in [1.82, 2.24) is 4.57 Å². The Hall–Kier alpha value is -1.52. The molecule has 1 aromatic heterocycles. The number of thioether (sulfide) groups is 1. The SMILES string of the molecule is COCCn1c(C)cc(C(=O)CSCCCc2ccccc2)c1C. The fraction of sp³-hybridized carbons (Fsp3) is 0.450. The van der Waals surface area contributed by atoms with Gasteiger partial charge in [-0.15, -0.1) is 0 Å². The Morgan fingerprint density at radius 1 is 1.21 bits per heavy atom. The fourth-order valence-electron chi connectivity index (χ4n) is 2.88. The highest BCUT2D eigenvalue weighted by Crippen LogP contribution is 2.18. The summed E-state index contributed by atoms with van der Waals surface area (Å²) in [5, 5.41) is 0. The highest BCUT2D eigenvalue weighted by molar-refractivity contribution is 7.99. The van der Waals surface area contributed by atoms with Crippen LogP contribution < -0.4 is 0 Å². The minimum atomic E-state index is 0.233. The molecule has 3 nitrogen and oxygen atoms in total. The van der Waals surface area contributed by atoms with Gasteiger partial charge in [-0.2, -0.15) is 11.8 Å². The molecule has 0 aliphatic heterocycles. The van der Waals surface area contributed by atoms with Crippen LogP contribution in [0.25, 0.3) is 0 Å². The minimum Gasteiger partial charge on any atom is -0.383 e. The van der Waals surface area contributed by atoms with E-state index < -0.39 is 0 Å². The number of carbonyl (C=O) groups is 1. The molecule has 0 atom stereocenters. The van der Waals surface area contributed by atoms with Crippen molar-refractivity contribution in [3.8, 4) is 0 Å². The van der Waals surface area contributed by atoms with Gasteiger partial charge in [0.2, 0.25) is 0 Å². The quantitative estimate of drug-likeness (QED) is 0.475. The average Bonchev–Trinajstić information content (AvgIpc) is 2.88. The molecule has 0 bridgehead atoms. The van der Waals surface area contributed by atoms with Crippen molar-refractivity contribution in [3.05, 3.63) is 58.9 Å². The average molecular weight is 346 g/mol. The summed E-state index contributed by atoms with van der Waals surface area (Å²) in [6.07, 6.45) is 2.18. The lowest BCUT2D eigenvalue weighted by atomic mass is 10.1. The normalized spacial score (nSPS) is 11.0. The maximum atomic E-state index is 12.5. The van der Waals surface area contributed by atoms with Gasteiger partial charge in [0.1, 0.15) is 0 Å². The van der Waals surface area contributed by atoms with E-state index in [-0.39, 0.29) is 5.78 Å². The van der Waals surface area contributed by atoms with Crippen LogP contribution >= 0.6 is 11.8 Å². The molecular weight excluding hydrogens is 318 g/mol. The Bertz CT molecular complexity index is 649. The van der Waals surface area contributed by atoms with E-state index in [0.717, 1.165) is 42.1 Å². The van der Waals surface area contributed by atoms with Gasteiger partial charge in [-0.05, 0) is 44.1 Å². The molecule has 2 aromatic rings. The summed E-state index contributed by atoms with van der Waals surface area (Å²) in [4.78, 5) is 12.5. The molecule has 0 saturated carbocycles. The molecule has 0 N–H and O–H groups in total. The highest BCUT2D eigenvalue weighted by atomic mass is 32.2. The van der Waals surface area contributed by atoms with E-state index in [1.54, 1.807) is 18.9 Å². The van der Waals surface area contributed by atoms with Crippen LogP contribution in [-0.4, -0.2) is 35.6 Å². The summed E-state index contributed by atoms with van der Waals surface area (Å²) >= 11 is 1.73. The van der Waals surface area contributed by atoms with Crippen molar-refractivity contribution < 1.29 is 9.53 Å². The third kappa shape index (κ3) is 5.25. The first-order valence-corrected chi connectivity index (χ1v) is 9.59. The van der Waals surface area contributed by atoms with Crippen molar-refractivity contribution in [1.29, 1.82) is 0 Å². The predicted octanol–water partition coefficient (Wildman–Crippen LogP) is 4.30. The van der Waals surface area contributed by atoms with Gasteiger partial charge < -0.3 is 9.30 Å². The molecule has 24 heavy (non-hydrogen) atoms. The van der Waals surface area contributed by atoms with Crippen molar-refractivity contribution in [2.24, 2.45) is 0 Å². The smallest absolute Gasteiger partial charge is 0.174 e. The number of hydrogen-bond acceptors (Lipinski definition) is 3. The number of methoxy groups -OCH3 is 1. The second kappa shape index (κ2) is 9.70. The molecule has 0 spiro atoms. The summed E-state index contributed by atoms with van der Waals surface area (Å²) in [7, 11) is 1.70. The molecule has 4 heteroatoms. The van der Waals surface area contributed by atoms with Gasteiger partial charge in [0, 0.05) is 30.6 Å². The number of nitrogens with zero attached hydrogens (tertiary/aromatic N) is 1. The Labute approximate surface area is 149 Å². The number of Topliss-reactive ketones (excluding diaryl/α,β-unsaturated/α-hetero) is 1. The second-order valence-electron chi connectivity index (χ2n) is 5.99. The first-order chi connectivity index (χ1) is 11.6. The predicted molar refractivity (Wildman–Crippen MR) is 102 cm³/mol. The Morgan fingerprint density at radius 2 is 1.96 bits per heavy atom. The Morgan fingerprint density at radius 3 is 2.67 bits per heavy atom. The summed E-state index contributed by atoms with van der Waals surface area (Å²) in [6, 6.07) is 12.5. The summed E-state index contributed by atoms with van der Waals surface area (Å²) in [5.41, 5.74) is 4.41. The van der Waals surface area contributed by atoms with Crippen LogP contribution in [0.15, 0.2) is 36.4 Å². The molecule has 0 saturated heterocycles. The van der Waals surface area contributed by atoms with E-state index in [2.05, 4.69) is 28.8 Å². The molecule has 130 valence electrons. The summed E-state index contributed by atoms with van der Waals surface area (Å²) < 4.78 is 7.31. The van der Waals surface area contributed by atoms with Crippen molar-refractivity contribution in [3.63, 3.8) is 0 Å². The van der Waals surface area contributed by atoms with E-state index >= 15 is 0 Å². The molecule has 0 fully saturated rings. The molecular formula is C20H27NO2S. The number of carbonyl (C=O) groups excluding carboxylic acids is 1. The molecule has 0 aliphatic rings. The third-order valence-corrected chi connectivity index (χ3v) is 5.27. The van der Waals surface area contributed by atoms with Crippen LogP contribution in [0.1, 0.15) is 33.7 Å². The molecule has 0 radical (unpaired) electrons. The van der Waals surface area contributed by atoms with E-state index in [4.69, 9.17) is 4.74 Å². The van der Waals surface area contributed by atoms with Crippen molar-refractivity contribution >= 4 is 17.5 Å². The maximum Gasteiger partial charge on any atom is 0.174 e. The van der Waals surface area contributed by atoms with Crippen LogP contribution in [0.5, 0.6) is 0 Å². The van der Waals surface area contributed by atoms with E-state index in [0.29, 0.717) is 12.4 Å². The lowest BCUT2D eigenvalue weighted by molar-refractivity contribution is 0.102. The lowest BCUT2D eigenvalue weighted by Crippen LogP contribution is -2.09. The minimum absolute atomic E-state index is 0.233. The topological polar surface area (TPSA) is 31.2 Å². The van der Waals surface area contributed by atoms with Crippen LogP contribution in [0, 0.1) is 13.8 Å². The molecule has 1 heterocycles. The Kier molecular flexibility index (Phi) is 7.60. The van der Waals surface area contributed by atoms with Crippen molar-refractivity contribution in [2.45, 2.75) is 33.2 Å². The zero-order valence-corrected chi connectivity index (χ0v) is 15.7. The fourth-order valence-corrected chi connectivity index (χ4v) is 3.71. The number of rotatable bonds is 10. The second-order valence-corrected chi connectivity index (χ2v) is 7.10. The summed E-state index contributed by atoms with van der Waals surface area (Å²) in [6.45, 7) is 5.53. The van der Waals surface area contributed by atoms with Crippen LogP contribution in [0.2, 0.25) is 0 Å². The summed E-state index contributed by atoms with van der Waals surface area (Å²) in [5.74, 6) is 1.81. The van der Waals surface area contributed by atoms with Crippen LogP contribution in [0.4, 0.5) is 0 Å². The van der Waals surface area contributed by atoms with E-state index in [1.807, 2.05) is 26.0 Å². The first-order valence-electron chi connectivity index (χ1n) is 8.44. The third-order valence-electron chi connectivity index (χ3n) is 4.22. The van der Waals surface area contributed by atoms with Gasteiger partial charge in [-0.1, -0.05) is 30.3 Å². The zero-order chi connectivity index (χ0) is 17.4. The number of aromatic nitrogens is 1. The maximum absolute atomic E-state index is 12.5. The van der Waals surface area contributed by atoms with Gasteiger partial charge >= 0.3 is 0 Å². The Balaban J connectivity index is 1.78. The number of hydrogen-bond donors (Lipinski definition) is 0. The van der Waals surface area contributed by atoms with Gasteiger partial charge in [-0.3, -0.25) is 4.79 Å². The first kappa shape index (κ1) is 18.8. The van der Waals surface area contributed by atoms with Crippen LogP contribution in [0.3, 0.4) is 0 Å². The lowest BCUT2D eigenvalue weighted by Gasteiger charge is -2.08. The van der Waals surface area contributed by atoms with Crippen LogP contribution in [-0.2, 0) is 17.7 Å². The number of aryl methyl sites for hydroxylation is 2. The molecule has 0 aliphatic carbocycles. The number of ketones is 1. The van der Waals surface area contributed by atoms with E-state index in [9.17, 15) is 4.79 Å². The molecule has 2 rings (SSSR count). The van der Waals surface area contributed by atoms with Crippen molar-refractivity contribution in [2.75, 3.05) is 25.2 Å². The number of ether oxygens (including phenoxy) is 1. The molecule has 0 unspecified atom stereocenters. The molecule has 0 amide bonds. The zero-order valence-electron chi connectivity index (χ0n) is 14.9. The monoisotopic (exact) mass is 345 g/mol. The molecule has 1 aromatic carbocycles. The largest absolute Gasteiger partial charge is 0.383 e. The number of benzene rings is 1. The van der Waals surface area contributed by atoms with Gasteiger partial charge in [0.05, 0.1) is 12.4 Å². The van der Waals surface area contributed by atoms with Gasteiger partial charge in [-0.25, -0.2) is 0 Å². The highest BCUT2D eigenvalue weighted by Gasteiger charge is 2.15. The van der Waals surface area contributed by atoms with Gasteiger partial charge in [0.25, 0.3) is 0 Å².